The number of nitrogens with one attached hydrogen (secondary N) is 1. The minimum atomic E-state index is 0.462. The largest absolute Gasteiger partial charge is 0.476 e. The van der Waals surface area contributed by atoms with Crippen molar-refractivity contribution in [3.05, 3.63) is 12.1 Å². The van der Waals surface area contributed by atoms with Gasteiger partial charge in [0.05, 0.1) is 12.3 Å². The van der Waals surface area contributed by atoms with Crippen LogP contribution in [0.3, 0.4) is 0 Å². The molecule has 1 saturated carbocycles. The van der Waals surface area contributed by atoms with E-state index in [1.54, 1.807) is 0 Å². The Kier molecular flexibility index (Phi) is 5.32. The molecule has 3 atom stereocenters. The summed E-state index contributed by atoms with van der Waals surface area (Å²) in [6.45, 7) is 9.55. The third-order valence-electron chi connectivity index (χ3n) is 4.39. The molecule has 0 saturated heterocycles. The van der Waals surface area contributed by atoms with E-state index in [0.29, 0.717) is 30.1 Å². The fourth-order valence-corrected chi connectivity index (χ4v) is 2.78. The minimum Gasteiger partial charge on any atom is -0.476 e. The zero-order chi connectivity index (χ0) is 15.4. The normalized spacial score (nSPS) is 25.9. The van der Waals surface area contributed by atoms with Crippen LogP contribution in [0.25, 0.3) is 0 Å². The molecular formula is C17H29N3O. The zero-order valence-electron chi connectivity index (χ0n) is 13.7. The van der Waals surface area contributed by atoms with Gasteiger partial charge in [-0.15, -0.1) is 0 Å². The van der Waals surface area contributed by atoms with Gasteiger partial charge in [0.15, 0.2) is 0 Å². The van der Waals surface area contributed by atoms with E-state index < -0.39 is 0 Å². The van der Waals surface area contributed by atoms with Crippen LogP contribution in [-0.2, 0) is 0 Å². The van der Waals surface area contributed by atoms with Crippen molar-refractivity contribution in [1.82, 2.24) is 4.98 Å². The first-order valence-electron chi connectivity index (χ1n) is 8.11. The Morgan fingerprint density at radius 2 is 2.05 bits per heavy atom. The van der Waals surface area contributed by atoms with Crippen LogP contribution >= 0.6 is 0 Å². The molecule has 1 fully saturated rings. The van der Waals surface area contributed by atoms with Crippen LogP contribution < -0.4 is 15.8 Å². The van der Waals surface area contributed by atoms with E-state index in [1.807, 2.05) is 12.1 Å². The standard InChI is InChI=1S/C17H29N3O/c1-11(2)10-21-17-15(18)7-8-16(20-17)19-14-6-5-12(3)13(4)9-14/h7-8,11-14H,5-6,9-10,18H2,1-4H3,(H,19,20). The summed E-state index contributed by atoms with van der Waals surface area (Å²) in [6.07, 6.45) is 3.69. The van der Waals surface area contributed by atoms with Gasteiger partial charge in [0, 0.05) is 6.04 Å². The smallest absolute Gasteiger partial charge is 0.239 e. The summed E-state index contributed by atoms with van der Waals surface area (Å²) in [4.78, 5) is 4.52. The second kappa shape index (κ2) is 7.01. The van der Waals surface area contributed by atoms with E-state index in [2.05, 4.69) is 38.0 Å². The van der Waals surface area contributed by atoms with E-state index in [4.69, 9.17) is 10.5 Å². The van der Waals surface area contributed by atoms with Crippen molar-refractivity contribution in [3.8, 4) is 5.88 Å². The number of anilines is 2. The van der Waals surface area contributed by atoms with Crippen LogP contribution in [0.1, 0.15) is 47.0 Å². The summed E-state index contributed by atoms with van der Waals surface area (Å²) in [6, 6.07) is 4.32. The molecule has 0 aromatic carbocycles. The lowest BCUT2D eigenvalue weighted by Gasteiger charge is -2.32. The van der Waals surface area contributed by atoms with Gasteiger partial charge in [-0.1, -0.05) is 27.7 Å². The number of aromatic nitrogens is 1. The fourth-order valence-electron chi connectivity index (χ4n) is 2.78. The molecule has 21 heavy (non-hydrogen) atoms. The SMILES string of the molecule is CC(C)COc1nc(NC2CCC(C)C(C)C2)ccc1N. The van der Waals surface area contributed by atoms with E-state index in [1.165, 1.54) is 19.3 Å². The zero-order valence-corrected chi connectivity index (χ0v) is 13.7. The molecule has 1 aliphatic rings. The molecule has 118 valence electrons. The van der Waals surface area contributed by atoms with E-state index in [9.17, 15) is 0 Å². The second-order valence-electron chi connectivity index (χ2n) is 6.90. The summed E-state index contributed by atoms with van der Waals surface area (Å²) >= 11 is 0. The Balaban J connectivity index is 1.98. The lowest BCUT2D eigenvalue weighted by molar-refractivity contribution is 0.258. The topological polar surface area (TPSA) is 60.2 Å². The third kappa shape index (κ3) is 4.51. The van der Waals surface area contributed by atoms with E-state index in [-0.39, 0.29) is 0 Å². The molecule has 1 aromatic heterocycles. The van der Waals surface area contributed by atoms with Crippen molar-refractivity contribution < 1.29 is 4.74 Å². The number of nitrogens with zero attached hydrogens (tertiary/aromatic N) is 1. The van der Waals surface area contributed by atoms with Gasteiger partial charge in [-0.3, -0.25) is 0 Å². The van der Waals surface area contributed by atoms with Crippen molar-refractivity contribution in [2.24, 2.45) is 17.8 Å². The van der Waals surface area contributed by atoms with Crippen LogP contribution in [0, 0.1) is 17.8 Å². The number of nitrogens with two attached hydrogens (primary N) is 1. The molecule has 3 unspecified atom stereocenters. The summed E-state index contributed by atoms with van der Waals surface area (Å²) in [5.74, 6) is 3.47. The maximum absolute atomic E-state index is 5.93. The average Bonchev–Trinajstić information content (AvgIpc) is 2.43. The number of ether oxygens (including phenoxy) is 1. The summed E-state index contributed by atoms with van der Waals surface area (Å²) in [5.41, 5.74) is 6.54. The number of hydrogen-bond donors (Lipinski definition) is 2. The highest BCUT2D eigenvalue weighted by Crippen LogP contribution is 2.31. The Labute approximate surface area is 128 Å². The summed E-state index contributed by atoms with van der Waals surface area (Å²) < 4.78 is 5.69. The second-order valence-corrected chi connectivity index (χ2v) is 6.90. The molecule has 0 radical (unpaired) electrons. The molecule has 1 heterocycles. The Bertz CT molecular complexity index is 461. The van der Waals surface area contributed by atoms with Crippen molar-refractivity contribution in [3.63, 3.8) is 0 Å². The van der Waals surface area contributed by atoms with Crippen LogP contribution in [0.5, 0.6) is 5.88 Å². The van der Waals surface area contributed by atoms with E-state index in [0.717, 1.165) is 17.7 Å². The highest BCUT2D eigenvalue weighted by molar-refractivity contribution is 5.53. The van der Waals surface area contributed by atoms with Gasteiger partial charge in [0.25, 0.3) is 0 Å². The molecule has 4 nitrogen and oxygen atoms in total. The maximum atomic E-state index is 5.93. The van der Waals surface area contributed by atoms with Crippen LogP contribution in [0.2, 0.25) is 0 Å². The van der Waals surface area contributed by atoms with E-state index >= 15 is 0 Å². The van der Waals surface area contributed by atoms with Crippen molar-refractivity contribution >= 4 is 11.5 Å². The van der Waals surface area contributed by atoms with Gasteiger partial charge < -0.3 is 15.8 Å². The molecule has 1 aliphatic carbocycles. The average molecular weight is 291 g/mol. The minimum absolute atomic E-state index is 0.462. The van der Waals surface area contributed by atoms with Gasteiger partial charge in [-0.25, -0.2) is 0 Å². The molecule has 0 amide bonds. The number of hydrogen-bond acceptors (Lipinski definition) is 4. The summed E-state index contributed by atoms with van der Waals surface area (Å²) in [5, 5.41) is 3.54. The Hall–Kier alpha value is -1.45. The summed E-state index contributed by atoms with van der Waals surface area (Å²) in [7, 11) is 0. The molecule has 1 aromatic rings. The first-order valence-corrected chi connectivity index (χ1v) is 8.11. The quantitative estimate of drug-likeness (QED) is 0.862. The molecule has 4 heteroatoms. The molecular weight excluding hydrogens is 262 g/mol. The first kappa shape index (κ1) is 15.9. The van der Waals surface area contributed by atoms with Crippen LogP contribution in [0.4, 0.5) is 11.5 Å². The first-order chi connectivity index (χ1) is 9.95. The fraction of sp³-hybridized carbons (Fsp3) is 0.706. The number of rotatable bonds is 5. The molecule has 3 N–H and O–H groups in total. The predicted molar refractivity (Wildman–Crippen MR) is 88.6 cm³/mol. The monoisotopic (exact) mass is 291 g/mol. The predicted octanol–water partition coefficient (Wildman–Crippen LogP) is 3.94. The van der Waals surface area contributed by atoms with Gasteiger partial charge in [0.2, 0.25) is 5.88 Å². The van der Waals surface area contributed by atoms with Gasteiger partial charge in [-0.05, 0) is 49.1 Å². The lowest BCUT2D eigenvalue weighted by Crippen LogP contribution is -2.30. The Morgan fingerprint density at radius 3 is 2.71 bits per heavy atom. The van der Waals surface area contributed by atoms with Crippen LogP contribution in [-0.4, -0.2) is 17.6 Å². The molecule has 2 rings (SSSR count). The van der Waals surface area contributed by atoms with Crippen LogP contribution in [0.15, 0.2) is 12.1 Å². The van der Waals surface area contributed by atoms with Crippen molar-refractivity contribution in [1.29, 1.82) is 0 Å². The maximum Gasteiger partial charge on any atom is 0.239 e. The third-order valence-corrected chi connectivity index (χ3v) is 4.39. The van der Waals surface area contributed by atoms with Crippen molar-refractivity contribution in [2.45, 2.75) is 53.0 Å². The highest BCUT2D eigenvalue weighted by atomic mass is 16.5. The van der Waals surface area contributed by atoms with Gasteiger partial charge in [0.1, 0.15) is 5.82 Å². The van der Waals surface area contributed by atoms with Gasteiger partial charge in [-0.2, -0.15) is 4.98 Å². The highest BCUT2D eigenvalue weighted by Gasteiger charge is 2.24. The van der Waals surface area contributed by atoms with Gasteiger partial charge >= 0.3 is 0 Å². The molecule has 0 spiro atoms. The van der Waals surface area contributed by atoms with Crippen molar-refractivity contribution in [2.75, 3.05) is 17.7 Å². The lowest BCUT2D eigenvalue weighted by atomic mass is 9.79. The molecule has 0 aliphatic heterocycles. The number of nitrogen functional groups attached to an aromatic ring is 1. The Morgan fingerprint density at radius 1 is 1.29 bits per heavy atom. The number of pyridine rings is 1. The molecule has 0 bridgehead atoms.